The molecule has 29 heavy (non-hydrogen) atoms. The van der Waals surface area contributed by atoms with E-state index < -0.39 is 0 Å². The van der Waals surface area contributed by atoms with Crippen molar-refractivity contribution in [1.29, 1.82) is 0 Å². The van der Waals surface area contributed by atoms with E-state index in [1.165, 1.54) is 57.4 Å². The molecule has 0 bridgehead atoms. The van der Waals surface area contributed by atoms with E-state index in [2.05, 4.69) is 42.5 Å². The van der Waals surface area contributed by atoms with Crippen molar-refractivity contribution in [3.05, 3.63) is 59.7 Å². The maximum absolute atomic E-state index is 5.46. The number of rotatable bonds is 6. The number of hydrogen-bond acceptors (Lipinski definition) is 2. The van der Waals surface area contributed by atoms with Crippen LogP contribution in [0.2, 0.25) is 0 Å². The Bertz CT molecular complexity index is 764. The van der Waals surface area contributed by atoms with Crippen molar-refractivity contribution in [1.82, 2.24) is 0 Å². The summed E-state index contributed by atoms with van der Waals surface area (Å²) < 4.78 is 10.8. The van der Waals surface area contributed by atoms with Gasteiger partial charge in [0.05, 0.1) is 20.3 Å². The van der Waals surface area contributed by atoms with Crippen LogP contribution in [0, 0.1) is 0 Å². The highest BCUT2D eigenvalue weighted by Gasteiger charge is 2.33. The molecule has 1 aliphatic carbocycles. The molecule has 0 spiro atoms. The van der Waals surface area contributed by atoms with Gasteiger partial charge in [0.2, 0.25) is 0 Å². The molecule has 1 heterocycles. The molecule has 2 N–H and O–H groups in total. The topological polar surface area (TPSA) is 27.3 Å². The minimum atomic E-state index is 0.781. The summed E-state index contributed by atoms with van der Waals surface area (Å²) in [5.41, 5.74) is 2.88. The van der Waals surface area contributed by atoms with E-state index in [9.17, 15) is 0 Å². The predicted octanol–water partition coefficient (Wildman–Crippen LogP) is 1.71. The van der Waals surface area contributed by atoms with Crippen LogP contribution < -0.4 is 19.3 Å². The average molecular weight is 397 g/mol. The molecule has 0 aromatic heterocycles. The number of hydrogen-bond donors (Lipinski definition) is 2. The summed E-state index contributed by atoms with van der Waals surface area (Å²) in [7, 11) is 3.40. The van der Waals surface area contributed by atoms with Gasteiger partial charge in [0, 0.05) is 5.56 Å². The Labute approximate surface area is 175 Å². The van der Waals surface area contributed by atoms with Gasteiger partial charge in [0.25, 0.3) is 0 Å². The van der Waals surface area contributed by atoms with Crippen molar-refractivity contribution in [3.8, 4) is 11.5 Å². The van der Waals surface area contributed by atoms with Crippen molar-refractivity contribution in [3.63, 3.8) is 0 Å². The molecule has 2 aliphatic rings. The minimum absolute atomic E-state index is 0.781. The molecule has 0 unspecified atom stereocenters. The van der Waals surface area contributed by atoms with Crippen LogP contribution in [0.15, 0.2) is 48.5 Å². The highest BCUT2D eigenvalue weighted by atomic mass is 16.5. The third-order valence-corrected chi connectivity index (χ3v) is 7.08. The van der Waals surface area contributed by atoms with Crippen molar-refractivity contribution in [2.45, 2.75) is 44.2 Å². The van der Waals surface area contributed by atoms with E-state index in [4.69, 9.17) is 9.47 Å². The molecular weight excluding hydrogens is 360 g/mol. The van der Waals surface area contributed by atoms with Gasteiger partial charge in [0.15, 0.2) is 11.5 Å². The van der Waals surface area contributed by atoms with Gasteiger partial charge in [-0.1, -0.05) is 30.3 Å². The lowest BCUT2D eigenvalue weighted by atomic mass is 9.81. The average Bonchev–Trinajstić information content (AvgIpc) is 2.80. The van der Waals surface area contributed by atoms with E-state index in [0.717, 1.165) is 30.0 Å². The normalized spacial score (nSPS) is 27.4. The predicted molar refractivity (Wildman–Crippen MR) is 116 cm³/mol. The Morgan fingerprint density at radius 3 is 2.14 bits per heavy atom. The van der Waals surface area contributed by atoms with Crippen LogP contribution in [0.25, 0.3) is 0 Å². The number of benzene rings is 2. The SMILES string of the molecule is COc1ccc(C[NH+]2CC[NH+](C3CCC(c4ccccc4)CC3)CC2)cc1OC. The van der Waals surface area contributed by atoms with E-state index in [0.29, 0.717) is 0 Å². The largest absolute Gasteiger partial charge is 0.493 e. The van der Waals surface area contributed by atoms with Crippen LogP contribution in [-0.2, 0) is 6.54 Å². The zero-order valence-corrected chi connectivity index (χ0v) is 18.0. The van der Waals surface area contributed by atoms with Gasteiger partial charge in [-0.2, -0.15) is 0 Å². The third-order valence-electron chi connectivity index (χ3n) is 7.08. The second-order valence-corrected chi connectivity index (χ2v) is 8.73. The van der Waals surface area contributed by atoms with Crippen molar-refractivity contribution in [2.24, 2.45) is 0 Å². The molecule has 0 radical (unpaired) electrons. The first-order valence-electron chi connectivity index (χ1n) is 11.2. The number of piperazine rings is 1. The van der Waals surface area contributed by atoms with E-state index >= 15 is 0 Å². The fourth-order valence-electron chi connectivity index (χ4n) is 5.35. The number of methoxy groups -OCH3 is 2. The summed E-state index contributed by atoms with van der Waals surface area (Å²) in [6.07, 6.45) is 5.50. The highest BCUT2D eigenvalue weighted by Crippen LogP contribution is 2.32. The monoisotopic (exact) mass is 396 g/mol. The van der Waals surface area contributed by atoms with Gasteiger partial charge in [-0.05, 0) is 55.4 Å². The summed E-state index contributed by atoms with van der Waals surface area (Å²) >= 11 is 0. The second kappa shape index (κ2) is 9.64. The standard InChI is InChI=1S/C25H34N2O2/c1-28-24-13-8-20(18-25(24)29-2)19-26-14-16-27(17-15-26)23-11-9-22(10-12-23)21-6-4-3-5-7-21/h3-8,13,18,22-23H,9-12,14-17,19H2,1-2H3/p+2. The molecule has 1 saturated heterocycles. The van der Waals surface area contributed by atoms with Crippen LogP contribution in [0.4, 0.5) is 0 Å². The lowest BCUT2D eigenvalue weighted by molar-refractivity contribution is -1.03. The first kappa shape index (κ1) is 20.2. The number of nitrogens with one attached hydrogen (secondary N) is 2. The molecule has 2 fully saturated rings. The van der Waals surface area contributed by atoms with Gasteiger partial charge in [-0.15, -0.1) is 0 Å². The molecule has 4 rings (SSSR count). The summed E-state index contributed by atoms with van der Waals surface area (Å²) in [4.78, 5) is 3.55. The molecule has 0 amide bonds. The first-order valence-corrected chi connectivity index (χ1v) is 11.2. The van der Waals surface area contributed by atoms with Crippen LogP contribution in [-0.4, -0.2) is 46.4 Å². The summed E-state index contributed by atoms with van der Waals surface area (Å²) in [5, 5.41) is 0. The Hall–Kier alpha value is -2.04. The number of quaternary nitrogens is 2. The van der Waals surface area contributed by atoms with Gasteiger partial charge in [0.1, 0.15) is 32.7 Å². The molecule has 2 aromatic carbocycles. The molecule has 0 atom stereocenters. The van der Waals surface area contributed by atoms with Crippen LogP contribution in [0.3, 0.4) is 0 Å². The minimum Gasteiger partial charge on any atom is -0.493 e. The zero-order valence-electron chi connectivity index (χ0n) is 18.0. The van der Waals surface area contributed by atoms with Gasteiger partial charge in [-0.25, -0.2) is 0 Å². The Morgan fingerprint density at radius 1 is 0.793 bits per heavy atom. The lowest BCUT2D eigenvalue weighted by Gasteiger charge is -2.38. The van der Waals surface area contributed by atoms with Crippen LogP contribution in [0.5, 0.6) is 11.5 Å². The van der Waals surface area contributed by atoms with Gasteiger partial charge < -0.3 is 19.3 Å². The van der Waals surface area contributed by atoms with Crippen molar-refractivity contribution in [2.75, 3.05) is 40.4 Å². The molecular formula is C25H36N2O2+2. The zero-order chi connectivity index (χ0) is 20.1. The van der Waals surface area contributed by atoms with Crippen LogP contribution >= 0.6 is 0 Å². The molecule has 156 valence electrons. The second-order valence-electron chi connectivity index (χ2n) is 8.73. The Morgan fingerprint density at radius 2 is 1.48 bits per heavy atom. The maximum Gasteiger partial charge on any atom is 0.161 e. The van der Waals surface area contributed by atoms with E-state index in [-0.39, 0.29) is 0 Å². The van der Waals surface area contributed by atoms with E-state index in [1.807, 2.05) is 11.0 Å². The third kappa shape index (κ3) is 4.93. The summed E-state index contributed by atoms with van der Waals surface area (Å²) in [6, 6.07) is 18.3. The number of ether oxygens (including phenoxy) is 2. The van der Waals surface area contributed by atoms with E-state index in [1.54, 1.807) is 24.7 Å². The van der Waals surface area contributed by atoms with Gasteiger partial charge in [-0.3, -0.25) is 0 Å². The van der Waals surface area contributed by atoms with Crippen molar-refractivity contribution < 1.29 is 19.3 Å². The Kier molecular flexibility index (Phi) is 6.73. The summed E-state index contributed by atoms with van der Waals surface area (Å²) in [5.74, 6) is 2.43. The fourth-order valence-corrected chi connectivity index (χ4v) is 5.35. The molecule has 4 heteroatoms. The first-order chi connectivity index (χ1) is 14.3. The van der Waals surface area contributed by atoms with Crippen molar-refractivity contribution >= 4 is 0 Å². The lowest BCUT2D eigenvalue weighted by Crippen LogP contribution is -3.29. The quantitative estimate of drug-likeness (QED) is 0.778. The molecule has 4 nitrogen and oxygen atoms in total. The van der Waals surface area contributed by atoms with Gasteiger partial charge >= 0.3 is 0 Å². The van der Waals surface area contributed by atoms with Crippen LogP contribution in [0.1, 0.15) is 42.7 Å². The molecule has 1 saturated carbocycles. The fraction of sp³-hybridized carbons (Fsp3) is 0.520. The smallest absolute Gasteiger partial charge is 0.161 e. The molecule has 2 aromatic rings. The summed E-state index contributed by atoms with van der Waals surface area (Å²) in [6.45, 7) is 6.23. The highest BCUT2D eigenvalue weighted by molar-refractivity contribution is 5.42. The Balaban J connectivity index is 1.25. The maximum atomic E-state index is 5.46. The molecule has 1 aliphatic heterocycles.